The molecule has 1 N–H and O–H groups in total. The molecule has 0 aliphatic carbocycles. The number of hydrogen-bond donors (Lipinski definition) is 1. The number of amides is 2. The van der Waals surface area contributed by atoms with Gasteiger partial charge in [-0.1, -0.05) is 38.5 Å². The standard InChI is InChI=1S/C17H26N2O3/c1-5-13(3)12-19(4)17(21)18-15-10-8-7-9-14(15)11-16(20)22-6-2/h7-10,13H,5-6,11-12H2,1-4H3,(H,18,21)/t13-/m0/s1. The lowest BCUT2D eigenvalue weighted by Crippen LogP contribution is -2.34. The number of rotatable bonds is 7. The highest BCUT2D eigenvalue weighted by atomic mass is 16.5. The predicted molar refractivity (Wildman–Crippen MR) is 87.9 cm³/mol. The van der Waals surface area contributed by atoms with Gasteiger partial charge < -0.3 is 15.0 Å². The normalized spacial score (nSPS) is 11.6. The van der Waals surface area contributed by atoms with Crippen molar-refractivity contribution in [1.29, 1.82) is 0 Å². The smallest absolute Gasteiger partial charge is 0.321 e. The van der Waals surface area contributed by atoms with E-state index in [1.54, 1.807) is 24.9 Å². The highest BCUT2D eigenvalue weighted by Gasteiger charge is 2.14. The van der Waals surface area contributed by atoms with E-state index < -0.39 is 0 Å². The Hall–Kier alpha value is -2.04. The minimum Gasteiger partial charge on any atom is -0.466 e. The maximum Gasteiger partial charge on any atom is 0.321 e. The summed E-state index contributed by atoms with van der Waals surface area (Å²) in [4.78, 5) is 25.5. The third-order valence-corrected chi connectivity index (χ3v) is 3.53. The summed E-state index contributed by atoms with van der Waals surface area (Å²) in [6.45, 7) is 7.03. The Labute approximate surface area is 132 Å². The fourth-order valence-corrected chi connectivity index (χ4v) is 2.05. The number of esters is 1. The van der Waals surface area contributed by atoms with E-state index in [0.29, 0.717) is 24.8 Å². The van der Waals surface area contributed by atoms with Gasteiger partial charge in [0.05, 0.1) is 13.0 Å². The molecule has 0 spiro atoms. The molecule has 0 saturated heterocycles. The molecule has 1 aromatic rings. The van der Waals surface area contributed by atoms with Gasteiger partial charge in [0.25, 0.3) is 0 Å². The quantitative estimate of drug-likeness (QED) is 0.786. The number of benzene rings is 1. The zero-order valence-electron chi connectivity index (χ0n) is 13.9. The van der Waals surface area contributed by atoms with Gasteiger partial charge in [-0.25, -0.2) is 4.79 Å². The first-order valence-corrected chi connectivity index (χ1v) is 7.73. The molecule has 0 aromatic heterocycles. The van der Waals surface area contributed by atoms with Crippen molar-refractivity contribution in [2.45, 2.75) is 33.6 Å². The van der Waals surface area contributed by atoms with E-state index in [0.717, 1.165) is 12.0 Å². The van der Waals surface area contributed by atoms with Crippen LogP contribution in [-0.4, -0.2) is 37.1 Å². The lowest BCUT2D eigenvalue weighted by atomic mass is 10.1. The molecule has 22 heavy (non-hydrogen) atoms. The average molecular weight is 306 g/mol. The SMILES string of the molecule is CCOC(=O)Cc1ccccc1NC(=O)N(C)C[C@@H](C)CC. The van der Waals surface area contributed by atoms with E-state index in [-0.39, 0.29) is 18.4 Å². The van der Waals surface area contributed by atoms with E-state index in [2.05, 4.69) is 19.2 Å². The van der Waals surface area contributed by atoms with Crippen LogP contribution in [0.25, 0.3) is 0 Å². The molecule has 0 heterocycles. The summed E-state index contributed by atoms with van der Waals surface area (Å²) >= 11 is 0. The number of ether oxygens (including phenoxy) is 1. The summed E-state index contributed by atoms with van der Waals surface area (Å²) < 4.78 is 4.96. The number of hydrogen-bond acceptors (Lipinski definition) is 3. The predicted octanol–water partition coefficient (Wildman–Crippen LogP) is 3.30. The first kappa shape index (κ1) is 18.0. The highest BCUT2D eigenvalue weighted by molar-refractivity contribution is 5.91. The fraction of sp³-hybridized carbons (Fsp3) is 0.529. The average Bonchev–Trinajstić information content (AvgIpc) is 2.49. The Balaban J connectivity index is 2.72. The van der Waals surface area contributed by atoms with Crippen molar-refractivity contribution < 1.29 is 14.3 Å². The van der Waals surface area contributed by atoms with Crippen LogP contribution in [0.3, 0.4) is 0 Å². The van der Waals surface area contributed by atoms with Gasteiger partial charge in [0.2, 0.25) is 0 Å². The van der Waals surface area contributed by atoms with Gasteiger partial charge in [-0.3, -0.25) is 4.79 Å². The maximum absolute atomic E-state index is 12.2. The maximum atomic E-state index is 12.2. The molecule has 1 aromatic carbocycles. The molecule has 0 fully saturated rings. The van der Waals surface area contributed by atoms with Crippen LogP contribution in [0.5, 0.6) is 0 Å². The van der Waals surface area contributed by atoms with Crippen LogP contribution < -0.4 is 5.32 Å². The van der Waals surface area contributed by atoms with Crippen molar-refractivity contribution in [1.82, 2.24) is 4.90 Å². The van der Waals surface area contributed by atoms with E-state index in [4.69, 9.17) is 4.74 Å². The highest BCUT2D eigenvalue weighted by Crippen LogP contribution is 2.17. The summed E-state index contributed by atoms with van der Waals surface area (Å²) in [7, 11) is 1.77. The molecule has 2 amide bonds. The fourth-order valence-electron chi connectivity index (χ4n) is 2.05. The Morgan fingerprint density at radius 2 is 1.95 bits per heavy atom. The Morgan fingerprint density at radius 3 is 2.59 bits per heavy atom. The number of carbonyl (C=O) groups is 2. The van der Waals surface area contributed by atoms with Crippen molar-refractivity contribution in [2.24, 2.45) is 5.92 Å². The summed E-state index contributed by atoms with van der Waals surface area (Å²) in [6.07, 6.45) is 1.18. The molecule has 1 atom stereocenters. The number of nitrogens with zero attached hydrogens (tertiary/aromatic N) is 1. The molecule has 0 aliphatic rings. The van der Waals surface area contributed by atoms with E-state index >= 15 is 0 Å². The number of urea groups is 1. The van der Waals surface area contributed by atoms with Gasteiger partial charge in [0, 0.05) is 19.3 Å². The van der Waals surface area contributed by atoms with Gasteiger partial charge in [-0.15, -0.1) is 0 Å². The van der Waals surface area contributed by atoms with Gasteiger partial charge in [-0.05, 0) is 24.5 Å². The van der Waals surface area contributed by atoms with Gasteiger partial charge in [0.1, 0.15) is 0 Å². The minimum absolute atomic E-state index is 0.152. The molecule has 0 saturated carbocycles. The molecule has 0 aliphatic heterocycles. The minimum atomic E-state index is -0.294. The van der Waals surface area contributed by atoms with E-state index in [1.807, 2.05) is 18.2 Å². The third kappa shape index (κ3) is 5.76. The molecule has 0 bridgehead atoms. The molecule has 122 valence electrons. The van der Waals surface area contributed by atoms with Crippen molar-refractivity contribution in [3.8, 4) is 0 Å². The van der Waals surface area contributed by atoms with Crippen molar-refractivity contribution in [3.63, 3.8) is 0 Å². The zero-order valence-corrected chi connectivity index (χ0v) is 13.9. The molecule has 0 radical (unpaired) electrons. The van der Waals surface area contributed by atoms with Gasteiger partial charge in [-0.2, -0.15) is 0 Å². The molecule has 1 rings (SSSR count). The molecule has 5 nitrogen and oxygen atoms in total. The lowest BCUT2D eigenvalue weighted by Gasteiger charge is -2.22. The number of para-hydroxylation sites is 1. The summed E-state index contributed by atoms with van der Waals surface area (Å²) in [5.41, 5.74) is 1.41. The number of anilines is 1. The lowest BCUT2D eigenvalue weighted by molar-refractivity contribution is -0.142. The van der Waals surface area contributed by atoms with Crippen LogP contribution in [-0.2, 0) is 16.0 Å². The van der Waals surface area contributed by atoms with Crippen LogP contribution in [0.1, 0.15) is 32.8 Å². The van der Waals surface area contributed by atoms with Crippen LogP contribution in [0.4, 0.5) is 10.5 Å². The number of carbonyl (C=O) groups excluding carboxylic acids is 2. The summed E-state index contributed by atoms with van der Waals surface area (Å²) in [6, 6.07) is 7.12. The molecule has 0 unspecified atom stereocenters. The first-order valence-electron chi connectivity index (χ1n) is 7.73. The first-order chi connectivity index (χ1) is 10.5. The van der Waals surface area contributed by atoms with Crippen LogP contribution in [0, 0.1) is 5.92 Å². The second-order valence-corrected chi connectivity index (χ2v) is 5.46. The Morgan fingerprint density at radius 1 is 1.27 bits per heavy atom. The third-order valence-electron chi connectivity index (χ3n) is 3.53. The van der Waals surface area contributed by atoms with Gasteiger partial charge >= 0.3 is 12.0 Å². The van der Waals surface area contributed by atoms with Crippen LogP contribution >= 0.6 is 0 Å². The van der Waals surface area contributed by atoms with E-state index in [1.165, 1.54) is 0 Å². The van der Waals surface area contributed by atoms with Crippen molar-refractivity contribution >= 4 is 17.7 Å². The van der Waals surface area contributed by atoms with Gasteiger partial charge in [0.15, 0.2) is 0 Å². The molecular weight excluding hydrogens is 280 g/mol. The van der Waals surface area contributed by atoms with Crippen molar-refractivity contribution in [2.75, 3.05) is 25.5 Å². The van der Waals surface area contributed by atoms with Crippen molar-refractivity contribution in [3.05, 3.63) is 29.8 Å². The van der Waals surface area contributed by atoms with Crippen LogP contribution in [0.2, 0.25) is 0 Å². The van der Waals surface area contributed by atoms with E-state index in [9.17, 15) is 9.59 Å². The topological polar surface area (TPSA) is 58.6 Å². The summed E-state index contributed by atoms with van der Waals surface area (Å²) in [5.74, 6) is 0.155. The largest absolute Gasteiger partial charge is 0.466 e. The monoisotopic (exact) mass is 306 g/mol. The zero-order chi connectivity index (χ0) is 16.5. The number of nitrogens with one attached hydrogen (secondary N) is 1. The Bertz CT molecular complexity index is 502. The second kappa shape index (κ2) is 9.07. The molecule has 5 heteroatoms. The summed E-state index contributed by atoms with van der Waals surface area (Å²) in [5, 5.41) is 2.87. The van der Waals surface area contributed by atoms with Crippen LogP contribution in [0.15, 0.2) is 24.3 Å². The molecular formula is C17H26N2O3. The Kier molecular flexibility index (Phi) is 7.43. The second-order valence-electron chi connectivity index (χ2n) is 5.46.